The third-order valence-electron chi connectivity index (χ3n) is 3.13. The smallest absolute Gasteiger partial charge is 0.141 e. The Balaban J connectivity index is 1.88. The lowest BCUT2D eigenvalue weighted by atomic mass is 10.1. The second-order valence-corrected chi connectivity index (χ2v) is 5.08. The number of nitrogens with one attached hydrogen (secondary N) is 1. The van der Waals surface area contributed by atoms with Gasteiger partial charge in [-0.2, -0.15) is 0 Å². The van der Waals surface area contributed by atoms with Crippen LogP contribution in [0.3, 0.4) is 0 Å². The monoisotopic (exact) mass is 309 g/mol. The summed E-state index contributed by atoms with van der Waals surface area (Å²) in [5.74, 6) is 0.272. The topological polar surface area (TPSA) is 41.5 Å². The van der Waals surface area contributed by atoms with Crippen molar-refractivity contribution in [2.24, 2.45) is 0 Å². The fourth-order valence-corrected chi connectivity index (χ4v) is 2.17. The van der Waals surface area contributed by atoms with Crippen LogP contribution in [0.25, 0.3) is 0 Å². The Kier molecular flexibility index (Phi) is 5.56. The Morgan fingerprint density at radius 2 is 2.10 bits per heavy atom. The Morgan fingerprint density at radius 1 is 1.29 bits per heavy atom. The highest BCUT2D eigenvalue weighted by Gasteiger charge is 2.08. The molecule has 2 aromatic rings. The molecule has 1 atom stereocenters. The summed E-state index contributed by atoms with van der Waals surface area (Å²) in [5, 5.41) is 13.3. The van der Waals surface area contributed by atoms with E-state index in [2.05, 4.69) is 5.32 Å². The van der Waals surface area contributed by atoms with Crippen LogP contribution in [0.1, 0.15) is 17.2 Å². The SMILES string of the molecule is COc1cccc(C(O)CNCc2ccc(F)c(Cl)c2)c1. The van der Waals surface area contributed by atoms with Crippen LogP contribution in [0.15, 0.2) is 42.5 Å². The molecule has 0 heterocycles. The lowest BCUT2D eigenvalue weighted by molar-refractivity contribution is 0.174. The van der Waals surface area contributed by atoms with Gasteiger partial charge in [0.15, 0.2) is 0 Å². The maximum absolute atomic E-state index is 13.0. The second kappa shape index (κ2) is 7.41. The number of rotatable bonds is 6. The van der Waals surface area contributed by atoms with Crippen molar-refractivity contribution in [2.45, 2.75) is 12.6 Å². The normalized spacial score (nSPS) is 12.2. The number of benzene rings is 2. The van der Waals surface area contributed by atoms with Gasteiger partial charge in [0.25, 0.3) is 0 Å². The first kappa shape index (κ1) is 15.8. The van der Waals surface area contributed by atoms with E-state index < -0.39 is 11.9 Å². The van der Waals surface area contributed by atoms with E-state index in [9.17, 15) is 9.50 Å². The molecule has 2 aromatic carbocycles. The standard InChI is InChI=1S/C16H17ClFNO2/c1-21-13-4-2-3-12(8-13)16(20)10-19-9-11-5-6-15(18)14(17)7-11/h2-8,16,19-20H,9-10H2,1H3. The molecule has 0 saturated heterocycles. The third kappa shape index (κ3) is 4.43. The number of hydrogen-bond acceptors (Lipinski definition) is 3. The van der Waals surface area contributed by atoms with Gasteiger partial charge in [-0.25, -0.2) is 4.39 Å². The van der Waals surface area contributed by atoms with Crippen LogP contribution in [0, 0.1) is 5.82 Å². The molecule has 21 heavy (non-hydrogen) atoms. The zero-order valence-corrected chi connectivity index (χ0v) is 12.4. The lowest BCUT2D eigenvalue weighted by Gasteiger charge is -2.13. The van der Waals surface area contributed by atoms with Gasteiger partial charge < -0.3 is 15.2 Å². The summed E-state index contributed by atoms with van der Waals surface area (Å²) in [7, 11) is 1.59. The molecule has 0 radical (unpaired) electrons. The summed E-state index contributed by atoms with van der Waals surface area (Å²) in [6.07, 6.45) is -0.643. The van der Waals surface area contributed by atoms with Gasteiger partial charge in [0.1, 0.15) is 11.6 Å². The van der Waals surface area contributed by atoms with Gasteiger partial charge in [-0.15, -0.1) is 0 Å². The molecule has 1 unspecified atom stereocenters. The summed E-state index contributed by atoms with van der Waals surface area (Å²) in [4.78, 5) is 0. The highest BCUT2D eigenvalue weighted by molar-refractivity contribution is 6.30. The molecule has 0 aliphatic rings. The number of ether oxygens (including phenoxy) is 1. The van der Waals surface area contributed by atoms with Gasteiger partial charge in [-0.05, 0) is 35.4 Å². The molecule has 0 aliphatic heterocycles. The Bertz CT molecular complexity index is 607. The average Bonchev–Trinajstić information content (AvgIpc) is 2.50. The fraction of sp³-hybridized carbons (Fsp3) is 0.250. The molecule has 0 amide bonds. The van der Waals surface area contributed by atoms with Gasteiger partial charge in [0, 0.05) is 13.1 Å². The number of halogens is 2. The van der Waals surface area contributed by atoms with Crippen LogP contribution in [-0.2, 0) is 6.54 Å². The maximum atomic E-state index is 13.0. The van der Waals surface area contributed by atoms with Crippen molar-refractivity contribution in [1.82, 2.24) is 5.32 Å². The van der Waals surface area contributed by atoms with E-state index in [1.165, 1.54) is 6.07 Å². The van der Waals surface area contributed by atoms with Gasteiger partial charge in [-0.1, -0.05) is 29.8 Å². The number of hydrogen-bond donors (Lipinski definition) is 2. The molecule has 0 aromatic heterocycles. The van der Waals surface area contributed by atoms with Crippen LogP contribution >= 0.6 is 11.6 Å². The molecule has 2 N–H and O–H groups in total. The highest BCUT2D eigenvalue weighted by Crippen LogP contribution is 2.19. The molecule has 0 bridgehead atoms. The Hall–Kier alpha value is -1.62. The van der Waals surface area contributed by atoms with Crippen molar-refractivity contribution >= 4 is 11.6 Å². The summed E-state index contributed by atoms with van der Waals surface area (Å²) in [6.45, 7) is 0.878. The first-order valence-corrected chi connectivity index (χ1v) is 6.94. The first-order valence-electron chi connectivity index (χ1n) is 6.57. The molecular formula is C16H17ClFNO2. The third-order valence-corrected chi connectivity index (χ3v) is 3.42. The first-order chi connectivity index (χ1) is 10.1. The minimum Gasteiger partial charge on any atom is -0.497 e. The molecule has 0 aliphatic carbocycles. The largest absolute Gasteiger partial charge is 0.497 e. The van der Waals surface area contributed by atoms with E-state index in [1.54, 1.807) is 25.3 Å². The predicted octanol–water partition coefficient (Wildman–Crippen LogP) is 3.31. The predicted molar refractivity (Wildman–Crippen MR) is 81.1 cm³/mol. The van der Waals surface area contributed by atoms with E-state index in [0.717, 1.165) is 11.1 Å². The maximum Gasteiger partial charge on any atom is 0.141 e. The Labute approximate surface area is 128 Å². The van der Waals surface area contributed by atoms with Crippen LogP contribution in [0.4, 0.5) is 4.39 Å². The second-order valence-electron chi connectivity index (χ2n) is 4.67. The molecule has 3 nitrogen and oxygen atoms in total. The molecule has 0 fully saturated rings. The van der Waals surface area contributed by atoms with E-state index in [4.69, 9.17) is 16.3 Å². The van der Waals surface area contributed by atoms with Crippen molar-refractivity contribution in [3.8, 4) is 5.75 Å². The van der Waals surface area contributed by atoms with Crippen LogP contribution in [0.5, 0.6) is 5.75 Å². The molecule has 2 rings (SSSR count). The van der Waals surface area contributed by atoms with E-state index in [1.807, 2.05) is 18.2 Å². The molecule has 0 spiro atoms. The minimum atomic E-state index is -0.643. The summed E-state index contributed by atoms with van der Waals surface area (Å²) < 4.78 is 18.2. The van der Waals surface area contributed by atoms with Crippen molar-refractivity contribution in [3.63, 3.8) is 0 Å². The Morgan fingerprint density at radius 3 is 2.81 bits per heavy atom. The number of aliphatic hydroxyl groups is 1. The van der Waals surface area contributed by atoms with E-state index in [0.29, 0.717) is 18.8 Å². The average molecular weight is 310 g/mol. The van der Waals surface area contributed by atoms with E-state index in [-0.39, 0.29) is 5.02 Å². The van der Waals surface area contributed by atoms with Gasteiger partial charge >= 0.3 is 0 Å². The van der Waals surface area contributed by atoms with Crippen LogP contribution < -0.4 is 10.1 Å². The quantitative estimate of drug-likeness (QED) is 0.860. The zero-order valence-electron chi connectivity index (χ0n) is 11.6. The molecule has 0 saturated carbocycles. The van der Waals surface area contributed by atoms with E-state index >= 15 is 0 Å². The van der Waals surface area contributed by atoms with Gasteiger partial charge in [-0.3, -0.25) is 0 Å². The minimum absolute atomic E-state index is 0.0997. The lowest BCUT2D eigenvalue weighted by Crippen LogP contribution is -2.21. The summed E-state index contributed by atoms with van der Waals surface area (Å²) in [5.41, 5.74) is 1.64. The van der Waals surface area contributed by atoms with Crippen molar-refractivity contribution < 1.29 is 14.2 Å². The van der Waals surface area contributed by atoms with Crippen LogP contribution in [0.2, 0.25) is 5.02 Å². The van der Waals surface area contributed by atoms with Crippen molar-refractivity contribution in [3.05, 3.63) is 64.4 Å². The number of aliphatic hydroxyl groups excluding tert-OH is 1. The molecule has 112 valence electrons. The van der Waals surface area contributed by atoms with Gasteiger partial charge in [0.05, 0.1) is 18.2 Å². The molecular weight excluding hydrogens is 293 g/mol. The zero-order chi connectivity index (χ0) is 15.2. The summed E-state index contributed by atoms with van der Waals surface area (Å²) in [6, 6.07) is 11.8. The van der Waals surface area contributed by atoms with Crippen molar-refractivity contribution in [2.75, 3.05) is 13.7 Å². The van der Waals surface area contributed by atoms with Crippen molar-refractivity contribution in [1.29, 1.82) is 0 Å². The highest BCUT2D eigenvalue weighted by atomic mass is 35.5. The fourth-order valence-electron chi connectivity index (χ4n) is 1.97. The van der Waals surface area contributed by atoms with Crippen LogP contribution in [-0.4, -0.2) is 18.8 Å². The number of methoxy groups -OCH3 is 1. The molecule has 5 heteroatoms. The van der Waals surface area contributed by atoms with Gasteiger partial charge in [0.2, 0.25) is 0 Å². The summed E-state index contributed by atoms with van der Waals surface area (Å²) >= 11 is 5.72.